The van der Waals surface area contributed by atoms with E-state index in [2.05, 4.69) is 17.2 Å². The van der Waals surface area contributed by atoms with Gasteiger partial charge in [0.2, 0.25) is 0 Å². The molecule has 1 rings (SSSR count). The van der Waals surface area contributed by atoms with E-state index in [4.69, 9.17) is 5.26 Å². The number of urea groups is 1. The Labute approximate surface area is 92.0 Å². The molecule has 1 aromatic carbocycles. The minimum absolute atomic E-state index is 0.342. The van der Waals surface area contributed by atoms with Gasteiger partial charge in [-0.1, -0.05) is 6.58 Å². The van der Waals surface area contributed by atoms with Crippen LogP contribution in [0.5, 0.6) is 0 Å². The van der Waals surface area contributed by atoms with Crippen LogP contribution in [0, 0.1) is 10.7 Å². The van der Waals surface area contributed by atoms with Gasteiger partial charge in [0.15, 0.2) is 0 Å². The zero-order valence-electron chi connectivity index (χ0n) is 7.86. The molecule has 15 heavy (non-hydrogen) atoms. The lowest BCUT2D eigenvalue weighted by Gasteiger charge is -2.04. The van der Waals surface area contributed by atoms with Gasteiger partial charge in [0.05, 0.1) is 0 Å². The van der Waals surface area contributed by atoms with Crippen molar-refractivity contribution in [1.82, 2.24) is 5.32 Å². The third kappa shape index (κ3) is 3.75. The molecule has 0 radical (unpaired) electrons. The second-order valence-electron chi connectivity index (χ2n) is 2.52. The number of hydrogen-bond acceptors (Lipinski definition) is 3. The molecule has 5 heteroatoms. The first-order chi connectivity index (χ1) is 7.26. The molecule has 0 bridgehead atoms. The van der Waals surface area contributed by atoms with Gasteiger partial charge in [-0.05, 0) is 42.2 Å². The van der Waals surface area contributed by atoms with Crippen LogP contribution in [0.3, 0.4) is 0 Å². The first kappa shape index (κ1) is 11.1. The summed E-state index contributed by atoms with van der Waals surface area (Å²) >= 11 is 1.07. The molecule has 0 aliphatic carbocycles. The summed E-state index contributed by atoms with van der Waals surface area (Å²) in [7, 11) is 0. The molecule has 0 heterocycles. The Kier molecular flexibility index (Phi) is 4.26. The molecule has 0 aliphatic rings. The molecule has 2 N–H and O–H groups in total. The number of benzene rings is 1. The van der Waals surface area contributed by atoms with Gasteiger partial charge in [-0.25, -0.2) is 4.79 Å². The van der Waals surface area contributed by atoms with Crippen LogP contribution in [-0.2, 0) is 0 Å². The van der Waals surface area contributed by atoms with Crippen molar-refractivity contribution in [2.45, 2.75) is 4.90 Å². The normalized spacial score (nSPS) is 8.73. The van der Waals surface area contributed by atoms with Crippen molar-refractivity contribution in [2.75, 3.05) is 5.32 Å². The van der Waals surface area contributed by atoms with Gasteiger partial charge >= 0.3 is 6.03 Å². The molecule has 76 valence electrons. The molecule has 0 spiro atoms. The summed E-state index contributed by atoms with van der Waals surface area (Å²) in [5.74, 6) is 0. The average Bonchev–Trinajstić information content (AvgIpc) is 2.22. The van der Waals surface area contributed by atoms with E-state index in [1.807, 2.05) is 5.40 Å². The monoisotopic (exact) mass is 219 g/mol. The molecule has 0 atom stereocenters. The van der Waals surface area contributed by atoms with Gasteiger partial charge in [0, 0.05) is 10.6 Å². The van der Waals surface area contributed by atoms with Gasteiger partial charge in [-0.3, -0.25) is 0 Å². The number of anilines is 1. The largest absolute Gasteiger partial charge is 0.323 e. The topological polar surface area (TPSA) is 64.9 Å². The summed E-state index contributed by atoms with van der Waals surface area (Å²) in [6, 6.07) is 6.63. The number of thioether (sulfide) groups is 1. The SMILES string of the molecule is C=CNC(=O)Nc1ccc(SC#N)cc1. The van der Waals surface area contributed by atoms with E-state index < -0.39 is 0 Å². The fraction of sp³-hybridized carbons (Fsp3) is 0. The van der Waals surface area contributed by atoms with Crippen LogP contribution in [0.1, 0.15) is 0 Å². The maximum atomic E-state index is 11.1. The molecule has 4 nitrogen and oxygen atoms in total. The summed E-state index contributed by atoms with van der Waals surface area (Å²) in [4.78, 5) is 11.9. The predicted molar refractivity (Wildman–Crippen MR) is 60.3 cm³/mol. The Morgan fingerprint density at radius 3 is 2.67 bits per heavy atom. The standard InChI is InChI=1S/C10H9N3OS/c1-2-12-10(14)13-8-3-5-9(6-4-8)15-7-11/h2-6H,1H2,(H2,12,13,14). The highest BCUT2D eigenvalue weighted by molar-refractivity contribution is 8.03. The third-order valence-electron chi connectivity index (χ3n) is 1.51. The number of hydrogen-bond donors (Lipinski definition) is 2. The van der Waals surface area contributed by atoms with Crippen LogP contribution in [0.2, 0.25) is 0 Å². The number of rotatable bonds is 3. The summed E-state index contributed by atoms with van der Waals surface area (Å²) in [6.07, 6.45) is 1.30. The van der Waals surface area contributed by atoms with E-state index >= 15 is 0 Å². The van der Waals surface area contributed by atoms with Crippen LogP contribution in [-0.4, -0.2) is 6.03 Å². The molecule has 0 fully saturated rings. The molecule has 0 aromatic heterocycles. The van der Waals surface area contributed by atoms with Gasteiger partial charge < -0.3 is 10.6 Å². The van der Waals surface area contributed by atoms with Gasteiger partial charge in [-0.2, -0.15) is 5.26 Å². The molecule has 0 unspecified atom stereocenters. The van der Waals surface area contributed by atoms with E-state index in [1.165, 1.54) is 6.20 Å². The van der Waals surface area contributed by atoms with E-state index in [0.29, 0.717) is 5.69 Å². The van der Waals surface area contributed by atoms with Crippen LogP contribution >= 0.6 is 11.8 Å². The first-order valence-corrected chi connectivity index (χ1v) is 4.92. The molecule has 0 aliphatic heterocycles. The molecular weight excluding hydrogens is 210 g/mol. The smallest absolute Gasteiger partial charge is 0.315 e. The van der Waals surface area contributed by atoms with E-state index in [0.717, 1.165) is 16.7 Å². The maximum absolute atomic E-state index is 11.1. The minimum Gasteiger partial charge on any atom is -0.315 e. The predicted octanol–water partition coefficient (Wildman–Crippen LogP) is 2.52. The number of nitrogens with one attached hydrogen (secondary N) is 2. The average molecular weight is 219 g/mol. The van der Waals surface area contributed by atoms with Gasteiger partial charge in [-0.15, -0.1) is 0 Å². The summed E-state index contributed by atoms with van der Waals surface area (Å²) < 4.78 is 0. The Morgan fingerprint density at radius 1 is 1.47 bits per heavy atom. The molecular formula is C10H9N3OS. The van der Waals surface area contributed by atoms with Crippen LogP contribution in [0.4, 0.5) is 10.5 Å². The Bertz CT molecular complexity index is 394. The van der Waals surface area contributed by atoms with Crippen molar-refractivity contribution in [3.63, 3.8) is 0 Å². The summed E-state index contributed by atoms with van der Waals surface area (Å²) in [5.41, 5.74) is 0.664. The second kappa shape index (κ2) is 5.73. The van der Waals surface area contributed by atoms with Gasteiger partial charge in [0.1, 0.15) is 5.40 Å². The lowest BCUT2D eigenvalue weighted by Crippen LogP contribution is -2.23. The molecule has 2 amide bonds. The number of carbonyl (C=O) groups is 1. The van der Waals surface area contributed by atoms with Crippen molar-refractivity contribution in [1.29, 1.82) is 5.26 Å². The van der Waals surface area contributed by atoms with Crippen LogP contribution < -0.4 is 10.6 Å². The van der Waals surface area contributed by atoms with Gasteiger partial charge in [0.25, 0.3) is 0 Å². The number of thiocyanates is 1. The lowest BCUT2D eigenvalue weighted by molar-refractivity contribution is 0.255. The van der Waals surface area contributed by atoms with Crippen molar-refractivity contribution in [2.24, 2.45) is 0 Å². The van der Waals surface area contributed by atoms with Crippen LogP contribution in [0.15, 0.2) is 41.9 Å². The van der Waals surface area contributed by atoms with Crippen molar-refractivity contribution < 1.29 is 4.79 Å². The van der Waals surface area contributed by atoms with E-state index in [9.17, 15) is 4.79 Å². The minimum atomic E-state index is -0.342. The number of carbonyl (C=O) groups excluding carboxylic acids is 1. The highest BCUT2D eigenvalue weighted by atomic mass is 32.2. The quantitative estimate of drug-likeness (QED) is 0.606. The Hall–Kier alpha value is -1.93. The summed E-state index contributed by atoms with van der Waals surface area (Å²) in [5, 5.41) is 15.4. The number of nitrogens with zero attached hydrogens (tertiary/aromatic N) is 1. The lowest BCUT2D eigenvalue weighted by atomic mass is 10.3. The van der Waals surface area contributed by atoms with E-state index in [1.54, 1.807) is 24.3 Å². The zero-order valence-corrected chi connectivity index (χ0v) is 8.67. The molecule has 0 saturated heterocycles. The van der Waals surface area contributed by atoms with Crippen molar-refractivity contribution in [3.8, 4) is 5.40 Å². The van der Waals surface area contributed by atoms with Crippen LogP contribution in [0.25, 0.3) is 0 Å². The third-order valence-corrected chi connectivity index (χ3v) is 2.11. The van der Waals surface area contributed by atoms with E-state index in [-0.39, 0.29) is 6.03 Å². The number of nitriles is 1. The summed E-state index contributed by atoms with van der Waals surface area (Å²) in [6.45, 7) is 3.37. The fourth-order valence-corrected chi connectivity index (χ4v) is 1.30. The Balaban J connectivity index is 2.60. The second-order valence-corrected chi connectivity index (χ2v) is 3.38. The zero-order chi connectivity index (χ0) is 11.1. The number of amides is 2. The highest BCUT2D eigenvalue weighted by Gasteiger charge is 1.98. The van der Waals surface area contributed by atoms with Crippen molar-refractivity contribution >= 4 is 23.5 Å². The first-order valence-electron chi connectivity index (χ1n) is 4.10. The highest BCUT2D eigenvalue weighted by Crippen LogP contribution is 2.18. The van der Waals surface area contributed by atoms with Crippen molar-refractivity contribution in [3.05, 3.63) is 37.0 Å². The Morgan fingerprint density at radius 2 is 2.13 bits per heavy atom. The fourth-order valence-electron chi connectivity index (χ4n) is 0.919. The maximum Gasteiger partial charge on any atom is 0.323 e. The molecule has 1 aromatic rings. The molecule has 0 saturated carbocycles.